The average molecular weight is 348 g/mol. The zero-order valence-electron chi connectivity index (χ0n) is 14.1. The molecule has 0 aliphatic rings. The lowest BCUT2D eigenvalue weighted by molar-refractivity contribution is 1.06. The number of anilines is 2. The first-order valence-electron chi connectivity index (χ1n) is 8.54. The maximum Gasteiger partial charge on any atom is 0.138 e. The van der Waals surface area contributed by atoms with Gasteiger partial charge in [0.1, 0.15) is 17.0 Å². The Labute approximate surface area is 150 Å². The van der Waals surface area contributed by atoms with Gasteiger partial charge in [0, 0.05) is 29.0 Å². The second-order valence-electron chi connectivity index (χ2n) is 5.89. The van der Waals surface area contributed by atoms with Gasteiger partial charge in [-0.05, 0) is 23.9 Å². The van der Waals surface area contributed by atoms with Crippen LogP contribution in [0.1, 0.15) is 11.8 Å². The molecule has 0 amide bonds. The van der Waals surface area contributed by atoms with E-state index in [2.05, 4.69) is 76.1 Å². The van der Waals surface area contributed by atoms with Gasteiger partial charge in [-0.15, -0.1) is 11.3 Å². The molecular weight excluding hydrogens is 328 g/mol. The lowest BCUT2D eigenvalue weighted by atomic mass is 10.1. The molecule has 4 aromatic rings. The lowest BCUT2D eigenvalue weighted by Crippen LogP contribution is -2.14. The van der Waals surface area contributed by atoms with E-state index in [0.717, 1.165) is 41.2 Å². The molecule has 5 heteroatoms. The number of hydrogen-bond acceptors (Lipinski definition) is 5. The minimum atomic E-state index is 0.798. The van der Waals surface area contributed by atoms with Gasteiger partial charge < -0.3 is 10.6 Å². The third kappa shape index (κ3) is 3.28. The molecule has 0 aliphatic heterocycles. The lowest BCUT2D eigenvalue weighted by Gasteiger charge is -2.11. The van der Waals surface area contributed by atoms with E-state index >= 15 is 0 Å². The van der Waals surface area contributed by atoms with Crippen LogP contribution in [-0.4, -0.2) is 23.1 Å². The summed E-state index contributed by atoms with van der Waals surface area (Å²) in [4.78, 5) is 11.2. The van der Waals surface area contributed by atoms with Gasteiger partial charge in [-0.1, -0.05) is 43.3 Å². The zero-order chi connectivity index (χ0) is 17.1. The fourth-order valence-electron chi connectivity index (χ4n) is 2.98. The van der Waals surface area contributed by atoms with Crippen molar-refractivity contribution in [1.82, 2.24) is 9.97 Å². The van der Waals surface area contributed by atoms with Crippen LogP contribution in [-0.2, 0) is 6.42 Å². The van der Waals surface area contributed by atoms with Crippen LogP contribution >= 0.6 is 11.3 Å². The van der Waals surface area contributed by atoms with Crippen molar-refractivity contribution in [3.05, 3.63) is 59.7 Å². The van der Waals surface area contributed by atoms with Crippen LogP contribution in [0.3, 0.4) is 0 Å². The molecule has 0 fully saturated rings. The van der Waals surface area contributed by atoms with Crippen molar-refractivity contribution < 1.29 is 0 Å². The first-order chi connectivity index (χ1) is 12.3. The third-order valence-electron chi connectivity index (χ3n) is 4.25. The van der Waals surface area contributed by atoms with Gasteiger partial charge in [-0.25, -0.2) is 9.97 Å². The molecule has 4 nitrogen and oxygen atoms in total. The van der Waals surface area contributed by atoms with Gasteiger partial charge in [-0.3, -0.25) is 0 Å². The van der Waals surface area contributed by atoms with Gasteiger partial charge in [0.2, 0.25) is 0 Å². The van der Waals surface area contributed by atoms with Crippen LogP contribution in [0.2, 0.25) is 0 Å². The van der Waals surface area contributed by atoms with Crippen LogP contribution in [0.4, 0.5) is 11.5 Å². The van der Waals surface area contributed by atoms with E-state index in [-0.39, 0.29) is 0 Å². The molecule has 0 atom stereocenters. The Morgan fingerprint density at radius 1 is 0.920 bits per heavy atom. The largest absolute Gasteiger partial charge is 0.383 e. The number of nitrogens with one attached hydrogen (secondary N) is 2. The van der Waals surface area contributed by atoms with Gasteiger partial charge in [0.05, 0.1) is 5.39 Å². The molecule has 2 heterocycles. The highest BCUT2D eigenvalue weighted by Gasteiger charge is 2.07. The molecule has 0 saturated carbocycles. The average Bonchev–Trinajstić information content (AvgIpc) is 3.09. The van der Waals surface area contributed by atoms with Crippen LogP contribution in [0.15, 0.2) is 54.9 Å². The fourth-order valence-corrected chi connectivity index (χ4v) is 3.91. The Morgan fingerprint density at radius 3 is 2.68 bits per heavy atom. The Balaban J connectivity index is 1.43. The van der Waals surface area contributed by atoms with Crippen molar-refractivity contribution in [2.75, 3.05) is 23.7 Å². The molecule has 0 spiro atoms. The molecule has 126 valence electrons. The summed E-state index contributed by atoms with van der Waals surface area (Å²) in [5, 5.41) is 10.6. The van der Waals surface area contributed by atoms with E-state index in [0.29, 0.717) is 0 Å². The summed E-state index contributed by atoms with van der Waals surface area (Å²) in [6, 6.07) is 17.0. The Kier molecular flexibility index (Phi) is 4.48. The normalized spacial score (nSPS) is 11.1. The SMILES string of the molecule is CCc1cc2c(NCCNc3cccc4ccccc34)ncnc2s1. The minimum Gasteiger partial charge on any atom is -0.383 e. The van der Waals surface area contributed by atoms with Crippen LogP contribution in [0, 0.1) is 0 Å². The van der Waals surface area contributed by atoms with Crippen molar-refractivity contribution in [1.29, 1.82) is 0 Å². The maximum absolute atomic E-state index is 4.41. The van der Waals surface area contributed by atoms with E-state index in [1.165, 1.54) is 15.6 Å². The van der Waals surface area contributed by atoms with E-state index in [9.17, 15) is 0 Å². The molecule has 0 unspecified atom stereocenters. The topological polar surface area (TPSA) is 49.8 Å². The molecule has 2 N–H and O–H groups in total. The number of nitrogens with zero attached hydrogens (tertiary/aromatic N) is 2. The highest BCUT2D eigenvalue weighted by molar-refractivity contribution is 7.18. The maximum atomic E-state index is 4.41. The summed E-state index contributed by atoms with van der Waals surface area (Å²) in [6.07, 6.45) is 2.67. The highest BCUT2D eigenvalue weighted by Crippen LogP contribution is 2.28. The van der Waals surface area contributed by atoms with Crippen molar-refractivity contribution >= 4 is 43.8 Å². The summed E-state index contributed by atoms with van der Waals surface area (Å²) < 4.78 is 0. The quantitative estimate of drug-likeness (QED) is 0.485. The first-order valence-corrected chi connectivity index (χ1v) is 9.35. The number of hydrogen-bond donors (Lipinski definition) is 2. The fraction of sp³-hybridized carbons (Fsp3) is 0.200. The molecule has 0 aliphatic carbocycles. The Morgan fingerprint density at radius 2 is 1.76 bits per heavy atom. The number of thiophene rings is 1. The molecule has 2 aromatic carbocycles. The second-order valence-corrected chi connectivity index (χ2v) is 7.00. The molecule has 25 heavy (non-hydrogen) atoms. The summed E-state index contributed by atoms with van der Waals surface area (Å²) in [7, 11) is 0. The van der Waals surface area contributed by atoms with E-state index in [4.69, 9.17) is 0 Å². The molecule has 4 rings (SSSR count). The summed E-state index contributed by atoms with van der Waals surface area (Å²) >= 11 is 1.74. The number of benzene rings is 2. The van der Waals surface area contributed by atoms with E-state index < -0.39 is 0 Å². The summed E-state index contributed by atoms with van der Waals surface area (Å²) in [5.41, 5.74) is 1.16. The molecular formula is C20H20N4S. The summed E-state index contributed by atoms with van der Waals surface area (Å²) in [6.45, 7) is 3.79. The molecule has 2 aromatic heterocycles. The zero-order valence-corrected chi connectivity index (χ0v) is 14.9. The van der Waals surface area contributed by atoms with Crippen LogP contribution in [0.25, 0.3) is 21.0 Å². The van der Waals surface area contributed by atoms with Crippen molar-refractivity contribution in [2.45, 2.75) is 13.3 Å². The van der Waals surface area contributed by atoms with E-state index in [1.54, 1.807) is 17.7 Å². The molecule has 0 bridgehead atoms. The number of fused-ring (bicyclic) bond motifs is 2. The van der Waals surface area contributed by atoms with E-state index in [1.807, 2.05) is 0 Å². The smallest absolute Gasteiger partial charge is 0.138 e. The highest BCUT2D eigenvalue weighted by atomic mass is 32.1. The van der Waals surface area contributed by atoms with Gasteiger partial charge in [0.15, 0.2) is 0 Å². The van der Waals surface area contributed by atoms with Gasteiger partial charge in [0.25, 0.3) is 0 Å². The molecule has 0 radical (unpaired) electrons. The first kappa shape index (κ1) is 15.8. The van der Waals surface area contributed by atoms with Crippen molar-refractivity contribution in [3.8, 4) is 0 Å². The minimum absolute atomic E-state index is 0.798. The molecule has 0 saturated heterocycles. The predicted octanol–water partition coefficient (Wildman–Crippen LogP) is 4.93. The standard InChI is InChI=1S/C20H20N4S/c1-2-15-12-17-19(23-13-24-20(17)25-15)22-11-10-21-18-9-5-7-14-6-3-4-8-16(14)18/h3-9,12-13,21H,2,10-11H2,1H3,(H,22,23,24). The summed E-state index contributed by atoms with van der Waals surface area (Å²) in [5.74, 6) is 0.917. The number of aryl methyl sites for hydroxylation is 1. The third-order valence-corrected chi connectivity index (χ3v) is 5.44. The monoisotopic (exact) mass is 348 g/mol. The second kappa shape index (κ2) is 7.07. The van der Waals surface area contributed by atoms with Crippen molar-refractivity contribution in [2.24, 2.45) is 0 Å². The predicted molar refractivity (Wildman–Crippen MR) is 108 cm³/mol. The number of aromatic nitrogens is 2. The van der Waals surface area contributed by atoms with Crippen LogP contribution in [0.5, 0.6) is 0 Å². The van der Waals surface area contributed by atoms with Gasteiger partial charge in [-0.2, -0.15) is 0 Å². The Hall–Kier alpha value is -2.66. The van der Waals surface area contributed by atoms with Crippen LogP contribution < -0.4 is 10.6 Å². The Bertz CT molecular complexity index is 1000. The van der Waals surface area contributed by atoms with Crippen molar-refractivity contribution in [3.63, 3.8) is 0 Å². The van der Waals surface area contributed by atoms with Gasteiger partial charge >= 0.3 is 0 Å². The number of rotatable bonds is 6.